The van der Waals surface area contributed by atoms with Gasteiger partial charge in [0.15, 0.2) is 5.82 Å². The number of carboxylic acid groups (broad SMARTS) is 1. The third kappa shape index (κ3) is 2.85. The number of carboxylic acids is 1. The number of piperidine rings is 1. The number of benzene rings is 1. The molecule has 5 rings (SSSR count). The Balaban J connectivity index is 1.27. The highest BCUT2D eigenvalue weighted by molar-refractivity contribution is 7.99. The summed E-state index contributed by atoms with van der Waals surface area (Å²) in [6, 6.07) is 6.53. The number of fused-ring (bicyclic) bond motifs is 3. The SMILES string of the molecule is O=C(O)CC12CCN(Cc3ccc4c(c3)Nc3nccnc3S4)CC1C2. The molecule has 2 N–H and O–H groups in total. The van der Waals surface area contributed by atoms with Gasteiger partial charge in [0.05, 0.1) is 12.1 Å². The smallest absolute Gasteiger partial charge is 0.303 e. The summed E-state index contributed by atoms with van der Waals surface area (Å²) in [6.07, 6.45) is 5.84. The van der Waals surface area contributed by atoms with Crippen LogP contribution in [0.15, 0.2) is 40.5 Å². The molecule has 2 unspecified atom stereocenters. The first-order valence-corrected chi connectivity index (χ1v) is 9.76. The molecule has 0 radical (unpaired) electrons. The van der Waals surface area contributed by atoms with Gasteiger partial charge in [-0.1, -0.05) is 17.8 Å². The van der Waals surface area contributed by atoms with E-state index in [0.717, 1.165) is 49.0 Å². The van der Waals surface area contributed by atoms with E-state index in [0.29, 0.717) is 12.3 Å². The van der Waals surface area contributed by atoms with Gasteiger partial charge >= 0.3 is 5.97 Å². The van der Waals surface area contributed by atoms with E-state index in [2.05, 4.69) is 38.4 Å². The van der Waals surface area contributed by atoms with E-state index in [9.17, 15) is 4.79 Å². The van der Waals surface area contributed by atoms with Crippen molar-refractivity contribution >= 4 is 29.2 Å². The number of aromatic nitrogens is 2. The maximum Gasteiger partial charge on any atom is 0.303 e. The van der Waals surface area contributed by atoms with Gasteiger partial charge in [-0.05, 0) is 48.4 Å². The Morgan fingerprint density at radius 1 is 1.38 bits per heavy atom. The summed E-state index contributed by atoms with van der Waals surface area (Å²) in [4.78, 5) is 23.4. The minimum absolute atomic E-state index is 0.0960. The first kappa shape index (κ1) is 16.1. The molecule has 2 aliphatic heterocycles. The van der Waals surface area contributed by atoms with Gasteiger partial charge in [-0.25, -0.2) is 9.97 Å². The van der Waals surface area contributed by atoms with E-state index < -0.39 is 5.97 Å². The number of nitrogens with one attached hydrogen (secondary N) is 1. The van der Waals surface area contributed by atoms with Crippen molar-refractivity contribution in [2.45, 2.75) is 35.7 Å². The lowest BCUT2D eigenvalue weighted by Gasteiger charge is -2.31. The third-order valence-corrected chi connectivity index (χ3v) is 6.91. The normalized spacial score (nSPS) is 26.2. The van der Waals surface area contributed by atoms with E-state index in [1.165, 1.54) is 10.5 Å². The number of aliphatic carboxylic acids is 1. The Morgan fingerprint density at radius 3 is 3.12 bits per heavy atom. The molecule has 1 saturated heterocycles. The minimum Gasteiger partial charge on any atom is -0.481 e. The average molecular weight is 368 g/mol. The largest absolute Gasteiger partial charge is 0.481 e. The van der Waals surface area contributed by atoms with Crippen molar-refractivity contribution in [1.29, 1.82) is 0 Å². The van der Waals surface area contributed by atoms with Gasteiger partial charge in [0.25, 0.3) is 0 Å². The number of likely N-dealkylation sites (tertiary alicyclic amines) is 1. The molecule has 1 aromatic heterocycles. The van der Waals surface area contributed by atoms with Crippen LogP contribution >= 0.6 is 11.8 Å². The molecular formula is C19H20N4O2S. The summed E-state index contributed by atoms with van der Waals surface area (Å²) in [5, 5.41) is 13.4. The molecule has 3 aliphatic rings. The first-order valence-electron chi connectivity index (χ1n) is 8.94. The second-order valence-corrected chi connectivity index (χ2v) is 8.62. The lowest BCUT2D eigenvalue weighted by molar-refractivity contribution is -0.138. The fraction of sp³-hybridized carbons (Fsp3) is 0.421. The number of hydrogen-bond donors (Lipinski definition) is 2. The van der Waals surface area contributed by atoms with E-state index in [4.69, 9.17) is 5.11 Å². The van der Waals surface area contributed by atoms with Crippen LogP contribution in [0.5, 0.6) is 0 Å². The fourth-order valence-electron chi connectivity index (χ4n) is 4.37. The summed E-state index contributed by atoms with van der Waals surface area (Å²) in [6.45, 7) is 2.91. The Hall–Kier alpha value is -2.12. The van der Waals surface area contributed by atoms with Crippen molar-refractivity contribution in [3.63, 3.8) is 0 Å². The predicted molar refractivity (Wildman–Crippen MR) is 98.6 cm³/mol. The Labute approximate surface area is 156 Å². The Bertz CT molecular complexity index is 890. The van der Waals surface area contributed by atoms with Crippen LogP contribution in [0, 0.1) is 11.3 Å². The first-order chi connectivity index (χ1) is 12.6. The van der Waals surface area contributed by atoms with Gasteiger partial charge in [-0.15, -0.1) is 0 Å². The fourth-order valence-corrected chi connectivity index (χ4v) is 5.25. The zero-order valence-electron chi connectivity index (χ0n) is 14.3. The van der Waals surface area contributed by atoms with Crippen LogP contribution in [0.3, 0.4) is 0 Å². The molecule has 134 valence electrons. The number of carbonyl (C=O) groups is 1. The molecule has 1 aliphatic carbocycles. The van der Waals surface area contributed by atoms with Gasteiger partial charge in [0, 0.05) is 30.4 Å². The number of nitrogens with zero attached hydrogens (tertiary/aromatic N) is 3. The second-order valence-electron chi connectivity index (χ2n) is 7.59. The van der Waals surface area contributed by atoms with Crippen LogP contribution in [0.2, 0.25) is 0 Å². The minimum atomic E-state index is -0.650. The highest BCUT2D eigenvalue weighted by Crippen LogP contribution is 2.60. The zero-order valence-corrected chi connectivity index (χ0v) is 15.1. The molecule has 2 aromatic rings. The quantitative estimate of drug-likeness (QED) is 0.731. The van der Waals surface area contributed by atoms with E-state index in [1.54, 1.807) is 24.2 Å². The van der Waals surface area contributed by atoms with Crippen molar-refractivity contribution in [2.75, 3.05) is 18.4 Å². The average Bonchev–Trinajstić information content (AvgIpc) is 3.32. The summed E-state index contributed by atoms with van der Waals surface area (Å²) in [5.41, 5.74) is 2.46. The molecule has 2 fully saturated rings. The van der Waals surface area contributed by atoms with Gasteiger partial charge in [0.2, 0.25) is 0 Å². The lowest BCUT2D eigenvalue weighted by Crippen LogP contribution is -2.35. The van der Waals surface area contributed by atoms with E-state index in [-0.39, 0.29) is 5.41 Å². The predicted octanol–water partition coefficient (Wildman–Crippen LogP) is 3.37. The molecule has 0 bridgehead atoms. The summed E-state index contributed by atoms with van der Waals surface area (Å²) in [5.74, 6) is 0.722. The van der Waals surface area contributed by atoms with Crippen molar-refractivity contribution < 1.29 is 9.90 Å². The summed E-state index contributed by atoms with van der Waals surface area (Å²) in [7, 11) is 0. The highest BCUT2D eigenvalue weighted by atomic mass is 32.2. The van der Waals surface area contributed by atoms with Crippen LogP contribution < -0.4 is 5.32 Å². The molecule has 3 heterocycles. The van der Waals surface area contributed by atoms with Gasteiger partial charge in [-0.2, -0.15) is 0 Å². The molecule has 0 amide bonds. The molecule has 1 aromatic carbocycles. The van der Waals surface area contributed by atoms with Gasteiger partial charge in [0.1, 0.15) is 5.03 Å². The van der Waals surface area contributed by atoms with Crippen LogP contribution in [0.25, 0.3) is 0 Å². The molecule has 6 nitrogen and oxygen atoms in total. The summed E-state index contributed by atoms with van der Waals surface area (Å²) >= 11 is 1.64. The Kier molecular flexibility index (Phi) is 3.68. The monoisotopic (exact) mass is 368 g/mol. The maximum absolute atomic E-state index is 11.1. The third-order valence-electron chi connectivity index (χ3n) is 5.84. The zero-order chi connectivity index (χ0) is 17.7. The van der Waals surface area contributed by atoms with Crippen LogP contribution in [0.1, 0.15) is 24.8 Å². The number of rotatable bonds is 4. The second kappa shape index (κ2) is 5.96. The van der Waals surface area contributed by atoms with Crippen molar-refractivity contribution in [3.05, 3.63) is 36.2 Å². The topological polar surface area (TPSA) is 78.4 Å². The van der Waals surface area contributed by atoms with Gasteiger partial charge in [-0.3, -0.25) is 9.69 Å². The van der Waals surface area contributed by atoms with Crippen molar-refractivity contribution in [1.82, 2.24) is 14.9 Å². The van der Waals surface area contributed by atoms with Crippen LogP contribution in [-0.4, -0.2) is 39.0 Å². The van der Waals surface area contributed by atoms with Gasteiger partial charge < -0.3 is 10.4 Å². The van der Waals surface area contributed by atoms with Crippen molar-refractivity contribution in [3.8, 4) is 0 Å². The highest BCUT2D eigenvalue weighted by Gasteiger charge is 2.57. The van der Waals surface area contributed by atoms with E-state index >= 15 is 0 Å². The number of hydrogen-bond acceptors (Lipinski definition) is 6. The standard InChI is InChI=1S/C19H20N4O2S/c24-16(25)9-19-3-6-23(11-13(19)8-19)10-12-1-2-15-14(7-12)22-17-18(26-15)21-5-4-20-17/h1-2,4-5,7,13H,3,6,8-11H2,(H,20,22)(H,24,25). The molecule has 0 spiro atoms. The molecular weight excluding hydrogens is 348 g/mol. The van der Waals surface area contributed by atoms with Crippen molar-refractivity contribution in [2.24, 2.45) is 11.3 Å². The summed E-state index contributed by atoms with van der Waals surface area (Å²) < 4.78 is 0. The van der Waals surface area contributed by atoms with Crippen LogP contribution in [-0.2, 0) is 11.3 Å². The molecule has 7 heteroatoms. The van der Waals surface area contributed by atoms with E-state index in [1.807, 2.05) is 0 Å². The molecule has 26 heavy (non-hydrogen) atoms. The molecule has 1 saturated carbocycles. The lowest BCUT2D eigenvalue weighted by atomic mass is 9.91. The maximum atomic E-state index is 11.1. The number of anilines is 2. The Morgan fingerprint density at radius 2 is 2.27 bits per heavy atom. The van der Waals surface area contributed by atoms with Crippen LogP contribution in [0.4, 0.5) is 11.5 Å². The molecule has 2 atom stereocenters.